The summed E-state index contributed by atoms with van der Waals surface area (Å²) < 4.78 is 6.07. The van der Waals surface area contributed by atoms with E-state index in [0.29, 0.717) is 13.2 Å². The van der Waals surface area contributed by atoms with Crippen LogP contribution >= 0.6 is 15.9 Å². The molecule has 18 heavy (non-hydrogen) atoms. The number of ether oxygens (including phenoxy) is 1. The summed E-state index contributed by atoms with van der Waals surface area (Å²) in [7, 11) is 1.67. The minimum Gasteiger partial charge on any atom is -0.395 e. The maximum absolute atomic E-state index is 9.10. The molecule has 3 N–H and O–H groups in total. The van der Waals surface area contributed by atoms with Crippen molar-refractivity contribution in [3.63, 3.8) is 0 Å². The third-order valence-electron chi connectivity index (χ3n) is 2.77. The van der Waals surface area contributed by atoms with Crippen molar-refractivity contribution in [2.45, 2.75) is 13.0 Å². The van der Waals surface area contributed by atoms with Gasteiger partial charge in [-0.3, -0.25) is 0 Å². The second-order valence-corrected chi connectivity index (χ2v) is 5.05. The molecule has 0 aromatic heterocycles. The number of nitrogens with two attached hydrogens (primary N) is 1. The Kier molecular flexibility index (Phi) is 6.63. The first-order chi connectivity index (χ1) is 8.60. The Hall–Kier alpha value is -0.620. The van der Waals surface area contributed by atoms with Crippen LogP contribution in [0.1, 0.15) is 18.5 Å². The van der Waals surface area contributed by atoms with Crippen LogP contribution in [0.5, 0.6) is 0 Å². The SMILES string of the molecule is COCCN(CCO)c1ccc(C(C)N)c(Br)c1. The van der Waals surface area contributed by atoms with Gasteiger partial charge in [0.15, 0.2) is 0 Å². The quantitative estimate of drug-likeness (QED) is 0.807. The molecule has 1 aromatic carbocycles. The molecule has 1 aromatic rings. The Morgan fingerprint density at radius 3 is 2.67 bits per heavy atom. The van der Waals surface area contributed by atoms with Gasteiger partial charge in [-0.2, -0.15) is 0 Å². The van der Waals surface area contributed by atoms with Crippen molar-refractivity contribution in [2.75, 3.05) is 38.3 Å². The fourth-order valence-corrected chi connectivity index (χ4v) is 2.50. The second kappa shape index (κ2) is 7.74. The molecule has 0 heterocycles. The van der Waals surface area contributed by atoms with Gasteiger partial charge in [0.25, 0.3) is 0 Å². The molecule has 0 aliphatic rings. The van der Waals surface area contributed by atoms with Gasteiger partial charge in [0.05, 0.1) is 13.2 Å². The van der Waals surface area contributed by atoms with Gasteiger partial charge < -0.3 is 20.5 Å². The van der Waals surface area contributed by atoms with Gasteiger partial charge in [0, 0.05) is 36.4 Å². The number of methoxy groups -OCH3 is 1. The zero-order valence-electron chi connectivity index (χ0n) is 10.9. The van der Waals surface area contributed by atoms with Crippen molar-refractivity contribution in [1.29, 1.82) is 0 Å². The summed E-state index contributed by atoms with van der Waals surface area (Å²) >= 11 is 3.53. The highest BCUT2D eigenvalue weighted by atomic mass is 79.9. The Balaban J connectivity index is 2.88. The lowest BCUT2D eigenvalue weighted by Crippen LogP contribution is -2.30. The van der Waals surface area contributed by atoms with Crippen LogP contribution in [0.25, 0.3) is 0 Å². The molecule has 4 nitrogen and oxygen atoms in total. The van der Waals surface area contributed by atoms with Gasteiger partial charge in [0.2, 0.25) is 0 Å². The summed E-state index contributed by atoms with van der Waals surface area (Å²) in [5.41, 5.74) is 8.01. The first-order valence-corrected chi connectivity index (χ1v) is 6.79. The Morgan fingerprint density at radius 2 is 2.17 bits per heavy atom. The van der Waals surface area contributed by atoms with Gasteiger partial charge in [-0.05, 0) is 24.6 Å². The molecular formula is C13H21BrN2O2. The fraction of sp³-hybridized carbons (Fsp3) is 0.538. The number of anilines is 1. The molecule has 0 fully saturated rings. The largest absolute Gasteiger partial charge is 0.395 e. The average molecular weight is 317 g/mol. The molecule has 0 radical (unpaired) electrons. The number of nitrogens with zero attached hydrogens (tertiary/aromatic N) is 1. The van der Waals surface area contributed by atoms with E-state index in [1.807, 2.05) is 25.1 Å². The van der Waals surface area contributed by atoms with E-state index in [1.54, 1.807) is 7.11 Å². The van der Waals surface area contributed by atoms with Crippen molar-refractivity contribution in [2.24, 2.45) is 5.73 Å². The minimum absolute atomic E-state index is 0.00121. The Labute approximate surface area is 117 Å². The highest BCUT2D eigenvalue weighted by Gasteiger charge is 2.10. The van der Waals surface area contributed by atoms with Crippen LogP contribution in [-0.4, -0.2) is 38.5 Å². The fourth-order valence-electron chi connectivity index (χ4n) is 1.77. The number of hydrogen-bond donors (Lipinski definition) is 2. The number of halogens is 1. The maximum atomic E-state index is 9.10. The van der Waals surface area contributed by atoms with E-state index in [9.17, 15) is 0 Å². The smallest absolute Gasteiger partial charge is 0.0637 e. The number of rotatable bonds is 7. The van der Waals surface area contributed by atoms with E-state index in [1.165, 1.54) is 0 Å². The van der Waals surface area contributed by atoms with Crippen molar-refractivity contribution in [1.82, 2.24) is 0 Å². The summed E-state index contributed by atoms with van der Waals surface area (Å²) in [5, 5.41) is 9.10. The van der Waals surface area contributed by atoms with Crippen LogP contribution in [0.3, 0.4) is 0 Å². The van der Waals surface area contributed by atoms with Crippen LogP contribution in [0.15, 0.2) is 22.7 Å². The molecule has 1 atom stereocenters. The summed E-state index contributed by atoms with van der Waals surface area (Å²) in [4.78, 5) is 2.08. The number of aliphatic hydroxyl groups is 1. The number of aliphatic hydroxyl groups excluding tert-OH is 1. The Morgan fingerprint density at radius 1 is 1.44 bits per heavy atom. The highest BCUT2D eigenvalue weighted by Crippen LogP contribution is 2.27. The molecule has 5 heteroatoms. The van der Waals surface area contributed by atoms with E-state index < -0.39 is 0 Å². The molecule has 0 spiro atoms. The first kappa shape index (κ1) is 15.4. The molecule has 1 rings (SSSR count). The molecule has 0 aliphatic carbocycles. The van der Waals surface area contributed by atoms with Crippen LogP contribution in [0, 0.1) is 0 Å². The predicted molar refractivity (Wildman–Crippen MR) is 77.9 cm³/mol. The van der Waals surface area contributed by atoms with Crippen LogP contribution in [0.2, 0.25) is 0 Å². The standard InChI is InChI=1S/C13H21BrN2O2/c1-10(15)12-4-3-11(9-13(12)14)16(5-7-17)6-8-18-2/h3-4,9-10,17H,5-8,15H2,1-2H3. The third kappa shape index (κ3) is 4.24. The zero-order chi connectivity index (χ0) is 13.5. The molecule has 102 valence electrons. The molecule has 0 bridgehead atoms. The van der Waals surface area contributed by atoms with Crippen molar-refractivity contribution >= 4 is 21.6 Å². The van der Waals surface area contributed by atoms with E-state index in [-0.39, 0.29) is 12.6 Å². The summed E-state index contributed by atoms with van der Waals surface area (Å²) in [5.74, 6) is 0. The van der Waals surface area contributed by atoms with E-state index in [0.717, 1.165) is 22.3 Å². The van der Waals surface area contributed by atoms with Gasteiger partial charge >= 0.3 is 0 Å². The number of benzene rings is 1. The normalized spacial score (nSPS) is 12.5. The Bertz CT molecular complexity index is 372. The molecule has 0 amide bonds. The lowest BCUT2D eigenvalue weighted by Gasteiger charge is -2.24. The van der Waals surface area contributed by atoms with Crippen molar-refractivity contribution < 1.29 is 9.84 Å². The summed E-state index contributed by atoms with van der Waals surface area (Å²) in [6.07, 6.45) is 0. The summed E-state index contributed by atoms with van der Waals surface area (Å²) in [6.45, 7) is 4.05. The number of hydrogen-bond acceptors (Lipinski definition) is 4. The van der Waals surface area contributed by atoms with Crippen LogP contribution in [0.4, 0.5) is 5.69 Å². The third-order valence-corrected chi connectivity index (χ3v) is 3.46. The monoisotopic (exact) mass is 316 g/mol. The van der Waals surface area contributed by atoms with Crippen LogP contribution in [-0.2, 0) is 4.74 Å². The second-order valence-electron chi connectivity index (χ2n) is 4.20. The lowest BCUT2D eigenvalue weighted by atomic mass is 10.1. The van der Waals surface area contributed by atoms with Gasteiger partial charge in [0.1, 0.15) is 0 Å². The van der Waals surface area contributed by atoms with E-state index in [4.69, 9.17) is 15.6 Å². The molecule has 0 saturated heterocycles. The maximum Gasteiger partial charge on any atom is 0.0637 e. The van der Waals surface area contributed by atoms with Gasteiger partial charge in [-0.25, -0.2) is 0 Å². The summed E-state index contributed by atoms with van der Waals surface area (Å²) in [6, 6.07) is 6.07. The predicted octanol–water partition coefficient (Wildman–Crippen LogP) is 1.91. The topological polar surface area (TPSA) is 58.7 Å². The van der Waals surface area contributed by atoms with E-state index >= 15 is 0 Å². The molecule has 0 saturated carbocycles. The van der Waals surface area contributed by atoms with Crippen molar-refractivity contribution in [3.8, 4) is 0 Å². The molecular weight excluding hydrogens is 296 g/mol. The lowest BCUT2D eigenvalue weighted by molar-refractivity contribution is 0.203. The molecule has 0 aliphatic heterocycles. The van der Waals surface area contributed by atoms with Gasteiger partial charge in [-0.1, -0.05) is 22.0 Å². The first-order valence-electron chi connectivity index (χ1n) is 6.00. The highest BCUT2D eigenvalue weighted by molar-refractivity contribution is 9.10. The minimum atomic E-state index is -0.00121. The zero-order valence-corrected chi connectivity index (χ0v) is 12.5. The van der Waals surface area contributed by atoms with Gasteiger partial charge in [-0.15, -0.1) is 0 Å². The van der Waals surface area contributed by atoms with Crippen molar-refractivity contribution in [3.05, 3.63) is 28.2 Å². The van der Waals surface area contributed by atoms with Crippen LogP contribution < -0.4 is 10.6 Å². The van der Waals surface area contributed by atoms with E-state index in [2.05, 4.69) is 20.8 Å². The average Bonchev–Trinajstić information content (AvgIpc) is 2.33. The molecule has 1 unspecified atom stereocenters.